The van der Waals surface area contributed by atoms with Gasteiger partial charge in [-0.2, -0.15) is 0 Å². The Balaban J connectivity index is 2.28. The molecule has 1 atom stereocenters. The third-order valence-electron chi connectivity index (χ3n) is 3.17. The topological polar surface area (TPSA) is 59.2 Å². The van der Waals surface area contributed by atoms with Crippen LogP contribution in [0.4, 0.5) is 0 Å². The van der Waals surface area contributed by atoms with E-state index in [1.54, 1.807) is 19.2 Å². The van der Waals surface area contributed by atoms with Crippen molar-refractivity contribution in [1.82, 2.24) is 4.98 Å². The smallest absolute Gasteiger partial charge is 0.374 e. The zero-order chi connectivity index (χ0) is 15.2. The monoisotopic (exact) mass is 305 g/mol. The Hall–Kier alpha value is -2.07. The highest BCUT2D eigenvalue weighted by Crippen LogP contribution is 2.32. The number of esters is 1. The lowest BCUT2D eigenvalue weighted by Gasteiger charge is -2.16. The molecule has 110 valence electrons. The van der Waals surface area contributed by atoms with E-state index in [1.807, 2.05) is 30.3 Å². The van der Waals surface area contributed by atoms with Crippen molar-refractivity contribution in [3.05, 3.63) is 58.9 Å². The van der Waals surface area contributed by atoms with Crippen molar-refractivity contribution < 1.29 is 14.3 Å². The van der Waals surface area contributed by atoms with Crippen LogP contribution in [0.3, 0.4) is 0 Å². The van der Waals surface area contributed by atoms with Crippen LogP contribution < -0.4 is 0 Å². The lowest BCUT2D eigenvalue weighted by molar-refractivity contribution is -0.153. The molecule has 1 N–H and O–H groups in total. The number of Topliss-reactive ketones (excluding diaryl/α,β-unsaturated/α-hetero) is 1. The lowest BCUT2D eigenvalue weighted by atomic mass is 9.90. The fourth-order valence-electron chi connectivity index (χ4n) is 2.19. The summed E-state index contributed by atoms with van der Waals surface area (Å²) in [5, 5.41) is 0.564. The molecule has 0 radical (unpaired) electrons. The summed E-state index contributed by atoms with van der Waals surface area (Å²) in [6.45, 7) is 1.85. The summed E-state index contributed by atoms with van der Waals surface area (Å²) >= 11 is 6.22. The second kappa shape index (κ2) is 7.09. The quantitative estimate of drug-likeness (QED) is 0.658. The second-order valence-electron chi connectivity index (χ2n) is 4.55. The van der Waals surface area contributed by atoms with Crippen molar-refractivity contribution in [3.8, 4) is 0 Å². The lowest BCUT2D eigenvalue weighted by Crippen LogP contribution is -2.20. The third-order valence-corrected chi connectivity index (χ3v) is 3.51. The van der Waals surface area contributed by atoms with Crippen LogP contribution in [0.2, 0.25) is 5.02 Å². The Morgan fingerprint density at radius 3 is 2.62 bits per heavy atom. The minimum Gasteiger partial charge on any atom is -0.460 e. The summed E-state index contributed by atoms with van der Waals surface area (Å²) in [5.41, 5.74) is 1.64. The maximum absolute atomic E-state index is 12.0. The predicted octanol–water partition coefficient (Wildman–Crippen LogP) is 3.32. The van der Waals surface area contributed by atoms with E-state index in [-0.39, 0.29) is 18.9 Å². The van der Waals surface area contributed by atoms with Crippen molar-refractivity contribution in [2.75, 3.05) is 6.61 Å². The molecule has 2 rings (SSSR count). The average molecular weight is 306 g/mol. The van der Waals surface area contributed by atoms with Gasteiger partial charge in [-0.3, -0.25) is 4.79 Å². The summed E-state index contributed by atoms with van der Waals surface area (Å²) in [7, 11) is 0. The molecule has 0 saturated heterocycles. The number of ether oxygens (including phenoxy) is 1. The zero-order valence-corrected chi connectivity index (χ0v) is 12.4. The van der Waals surface area contributed by atoms with Gasteiger partial charge in [-0.25, -0.2) is 4.79 Å². The molecule has 0 spiro atoms. The van der Waals surface area contributed by atoms with Crippen LogP contribution in [0, 0.1) is 0 Å². The standard InChI is InChI=1S/C16H16ClNO3/c1-2-21-16(20)15(19)10-12(14-8-5-9-18-14)11-6-3-4-7-13(11)17/h3-9,12,18H,2,10H2,1H3/t12-/m0/s1. The summed E-state index contributed by atoms with van der Waals surface area (Å²) in [6, 6.07) is 11.0. The highest BCUT2D eigenvalue weighted by Gasteiger charge is 2.25. The fraction of sp³-hybridized carbons (Fsp3) is 0.250. The van der Waals surface area contributed by atoms with Gasteiger partial charge in [0, 0.05) is 29.3 Å². The van der Waals surface area contributed by atoms with Gasteiger partial charge in [0.1, 0.15) is 0 Å². The van der Waals surface area contributed by atoms with Crippen LogP contribution in [0.1, 0.15) is 30.5 Å². The first kappa shape index (κ1) is 15.3. The van der Waals surface area contributed by atoms with Crippen LogP contribution in [-0.2, 0) is 14.3 Å². The number of hydrogen-bond acceptors (Lipinski definition) is 3. The van der Waals surface area contributed by atoms with E-state index in [0.717, 1.165) is 11.3 Å². The molecule has 1 heterocycles. The Morgan fingerprint density at radius 2 is 2.00 bits per heavy atom. The van der Waals surface area contributed by atoms with E-state index in [2.05, 4.69) is 4.98 Å². The number of rotatable bonds is 6. The average Bonchev–Trinajstić information content (AvgIpc) is 2.99. The predicted molar refractivity (Wildman–Crippen MR) is 80.3 cm³/mol. The van der Waals surface area contributed by atoms with E-state index in [1.165, 1.54) is 0 Å². The van der Waals surface area contributed by atoms with E-state index in [9.17, 15) is 9.59 Å². The number of nitrogens with one attached hydrogen (secondary N) is 1. The van der Waals surface area contributed by atoms with Gasteiger partial charge in [-0.15, -0.1) is 0 Å². The highest BCUT2D eigenvalue weighted by atomic mass is 35.5. The molecule has 0 saturated carbocycles. The van der Waals surface area contributed by atoms with Crippen LogP contribution in [0.15, 0.2) is 42.6 Å². The number of hydrogen-bond donors (Lipinski definition) is 1. The van der Waals surface area contributed by atoms with Crippen molar-refractivity contribution >= 4 is 23.4 Å². The maximum atomic E-state index is 12.0. The first-order chi connectivity index (χ1) is 10.1. The molecule has 0 unspecified atom stereocenters. The molecule has 1 aromatic heterocycles. The fourth-order valence-corrected chi connectivity index (χ4v) is 2.45. The Morgan fingerprint density at radius 1 is 1.24 bits per heavy atom. The van der Waals surface area contributed by atoms with Crippen LogP contribution >= 0.6 is 11.6 Å². The highest BCUT2D eigenvalue weighted by molar-refractivity contribution is 6.34. The van der Waals surface area contributed by atoms with E-state index in [0.29, 0.717) is 5.02 Å². The van der Waals surface area contributed by atoms with Gasteiger partial charge in [0.05, 0.1) is 6.61 Å². The molecule has 21 heavy (non-hydrogen) atoms. The van der Waals surface area contributed by atoms with E-state index in [4.69, 9.17) is 16.3 Å². The van der Waals surface area contributed by atoms with Crippen LogP contribution in [0.5, 0.6) is 0 Å². The number of H-pyrrole nitrogens is 1. The van der Waals surface area contributed by atoms with Gasteiger partial charge < -0.3 is 9.72 Å². The minimum atomic E-state index is -0.805. The molecule has 0 aliphatic heterocycles. The first-order valence-electron chi connectivity index (χ1n) is 6.71. The number of carbonyl (C=O) groups is 2. The van der Waals surface area contributed by atoms with Crippen molar-refractivity contribution in [3.63, 3.8) is 0 Å². The van der Waals surface area contributed by atoms with Gasteiger partial charge in [0.2, 0.25) is 5.78 Å². The van der Waals surface area contributed by atoms with Crippen molar-refractivity contribution in [2.24, 2.45) is 0 Å². The maximum Gasteiger partial charge on any atom is 0.374 e. The molecule has 0 bridgehead atoms. The molecule has 0 aliphatic rings. The molecule has 5 heteroatoms. The Bertz CT molecular complexity index is 622. The minimum absolute atomic E-state index is 0.0169. The van der Waals surface area contributed by atoms with E-state index < -0.39 is 11.8 Å². The number of carbonyl (C=O) groups excluding carboxylic acids is 2. The SMILES string of the molecule is CCOC(=O)C(=O)C[C@H](c1ccc[nH]1)c1ccccc1Cl. The van der Waals surface area contributed by atoms with Gasteiger partial charge in [-0.1, -0.05) is 29.8 Å². The molecule has 0 fully saturated rings. The largest absolute Gasteiger partial charge is 0.460 e. The third kappa shape index (κ3) is 3.73. The number of halogens is 1. The molecule has 4 nitrogen and oxygen atoms in total. The van der Waals surface area contributed by atoms with Crippen molar-refractivity contribution in [2.45, 2.75) is 19.3 Å². The van der Waals surface area contributed by atoms with Crippen molar-refractivity contribution in [1.29, 1.82) is 0 Å². The van der Waals surface area contributed by atoms with Crippen LogP contribution in [0.25, 0.3) is 0 Å². The number of ketones is 1. The van der Waals surface area contributed by atoms with E-state index >= 15 is 0 Å². The molecule has 0 aliphatic carbocycles. The van der Waals surface area contributed by atoms with Crippen LogP contribution in [-0.4, -0.2) is 23.3 Å². The Labute approximate surface area is 128 Å². The van der Waals surface area contributed by atoms with Gasteiger partial charge in [-0.05, 0) is 30.7 Å². The molecule has 0 amide bonds. The number of aromatic nitrogens is 1. The molecular weight excluding hydrogens is 290 g/mol. The number of benzene rings is 1. The summed E-state index contributed by atoms with van der Waals surface area (Å²) in [4.78, 5) is 26.6. The normalized spacial score (nSPS) is 11.9. The molecule has 2 aromatic rings. The summed E-state index contributed by atoms with van der Waals surface area (Å²) in [5.74, 6) is -1.66. The number of aromatic amines is 1. The van der Waals surface area contributed by atoms with Gasteiger partial charge in [0.15, 0.2) is 0 Å². The Kier molecular flexibility index (Phi) is 5.17. The molecular formula is C16H16ClNO3. The van der Waals surface area contributed by atoms with Gasteiger partial charge >= 0.3 is 5.97 Å². The van der Waals surface area contributed by atoms with Gasteiger partial charge in [0.25, 0.3) is 0 Å². The second-order valence-corrected chi connectivity index (χ2v) is 4.95. The summed E-state index contributed by atoms with van der Waals surface area (Å²) in [6.07, 6.45) is 1.79. The summed E-state index contributed by atoms with van der Waals surface area (Å²) < 4.78 is 4.76. The first-order valence-corrected chi connectivity index (χ1v) is 7.09. The zero-order valence-electron chi connectivity index (χ0n) is 11.6. The molecule has 1 aromatic carbocycles.